The lowest BCUT2D eigenvalue weighted by molar-refractivity contribution is 0.0170. The molecule has 0 atom stereocenters. The second kappa shape index (κ2) is 4.43. The molecule has 14 heavy (non-hydrogen) atoms. The molecule has 0 radical (unpaired) electrons. The monoisotopic (exact) mass is 211 g/mol. The molecule has 0 bridgehead atoms. The molecule has 0 spiro atoms. The second-order valence-corrected chi connectivity index (χ2v) is 4.93. The minimum Gasteiger partial charge on any atom is -0.381 e. The summed E-state index contributed by atoms with van der Waals surface area (Å²) < 4.78 is 5.24. The molecule has 1 aliphatic rings. The maximum Gasteiger partial charge on any atom is 0.0601 e. The Morgan fingerprint density at radius 2 is 2.36 bits per heavy atom. The van der Waals surface area contributed by atoms with Crippen LogP contribution in [-0.4, -0.2) is 19.3 Å². The van der Waals surface area contributed by atoms with E-state index in [1.54, 1.807) is 7.11 Å². The fraction of sp³-hybridized carbons (Fsp3) is 0.636. The Bertz CT molecular complexity index is 291. The zero-order chi connectivity index (χ0) is 9.97. The van der Waals surface area contributed by atoms with Crippen LogP contribution in [0.15, 0.2) is 11.4 Å². The number of ether oxygens (including phenoxy) is 1. The van der Waals surface area contributed by atoms with Crippen LogP contribution in [0.5, 0.6) is 0 Å². The van der Waals surface area contributed by atoms with E-state index < -0.39 is 0 Å². The van der Waals surface area contributed by atoms with Crippen molar-refractivity contribution < 1.29 is 4.74 Å². The number of aryl methyl sites for hydroxylation is 1. The predicted octanol–water partition coefficient (Wildman–Crippen LogP) is 2.32. The van der Waals surface area contributed by atoms with Crippen LogP contribution in [0.2, 0.25) is 0 Å². The average Bonchev–Trinajstić information content (AvgIpc) is 2.49. The van der Waals surface area contributed by atoms with E-state index in [1.807, 2.05) is 11.3 Å². The van der Waals surface area contributed by atoms with Crippen LogP contribution in [0.25, 0.3) is 0 Å². The van der Waals surface area contributed by atoms with E-state index in [9.17, 15) is 0 Å². The molecule has 78 valence electrons. The molecule has 0 unspecified atom stereocenters. The van der Waals surface area contributed by atoms with Crippen LogP contribution in [0, 0.1) is 6.92 Å². The molecule has 1 fully saturated rings. The Balaban J connectivity index is 1.72. The van der Waals surface area contributed by atoms with Crippen LogP contribution >= 0.6 is 11.3 Å². The number of thiophene rings is 1. The SMILES string of the molecule is COC1CC(NCc2sccc2C)C1. The molecule has 0 aromatic carbocycles. The van der Waals surface area contributed by atoms with E-state index in [2.05, 4.69) is 23.7 Å². The van der Waals surface area contributed by atoms with Gasteiger partial charge in [0, 0.05) is 24.6 Å². The highest BCUT2D eigenvalue weighted by atomic mass is 32.1. The molecule has 0 amide bonds. The fourth-order valence-corrected chi connectivity index (χ4v) is 2.60. The van der Waals surface area contributed by atoms with Crippen molar-refractivity contribution in [3.8, 4) is 0 Å². The summed E-state index contributed by atoms with van der Waals surface area (Å²) in [6.45, 7) is 3.19. The van der Waals surface area contributed by atoms with Gasteiger partial charge in [0.05, 0.1) is 6.10 Å². The van der Waals surface area contributed by atoms with Crippen LogP contribution in [0.4, 0.5) is 0 Å². The molecular formula is C11H17NOS. The van der Waals surface area contributed by atoms with Crippen LogP contribution < -0.4 is 5.32 Å². The maximum atomic E-state index is 5.24. The van der Waals surface area contributed by atoms with E-state index in [0.717, 1.165) is 6.54 Å². The number of nitrogens with one attached hydrogen (secondary N) is 1. The summed E-state index contributed by atoms with van der Waals surface area (Å²) >= 11 is 1.84. The summed E-state index contributed by atoms with van der Waals surface area (Å²) in [5.74, 6) is 0. The van der Waals surface area contributed by atoms with Crippen LogP contribution in [-0.2, 0) is 11.3 Å². The minimum atomic E-state index is 0.497. The van der Waals surface area contributed by atoms with Gasteiger partial charge in [0.15, 0.2) is 0 Å². The Labute approximate surface area is 89.3 Å². The first kappa shape index (κ1) is 10.1. The third kappa shape index (κ3) is 2.16. The largest absolute Gasteiger partial charge is 0.381 e. The third-order valence-electron chi connectivity index (χ3n) is 2.95. The topological polar surface area (TPSA) is 21.3 Å². The molecule has 1 aromatic rings. The van der Waals surface area contributed by atoms with E-state index in [-0.39, 0.29) is 0 Å². The van der Waals surface area contributed by atoms with Crippen molar-refractivity contribution in [2.45, 2.75) is 38.5 Å². The van der Waals surface area contributed by atoms with Crippen molar-refractivity contribution in [1.29, 1.82) is 0 Å². The summed E-state index contributed by atoms with van der Waals surface area (Å²) in [6.07, 6.45) is 2.83. The second-order valence-electron chi connectivity index (χ2n) is 3.93. The molecule has 2 nitrogen and oxygen atoms in total. The van der Waals surface area contributed by atoms with Gasteiger partial charge in [0.1, 0.15) is 0 Å². The van der Waals surface area contributed by atoms with E-state index in [0.29, 0.717) is 12.1 Å². The molecule has 0 saturated heterocycles. The van der Waals surface area contributed by atoms with Gasteiger partial charge in [-0.05, 0) is 36.8 Å². The zero-order valence-corrected chi connectivity index (χ0v) is 9.56. The van der Waals surface area contributed by atoms with Gasteiger partial charge in [-0.3, -0.25) is 0 Å². The lowest BCUT2D eigenvalue weighted by Crippen LogP contribution is -2.44. The lowest BCUT2D eigenvalue weighted by Gasteiger charge is -2.34. The fourth-order valence-electron chi connectivity index (χ4n) is 1.75. The summed E-state index contributed by atoms with van der Waals surface area (Å²) in [7, 11) is 1.80. The summed E-state index contributed by atoms with van der Waals surface area (Å²) in [5.41, 5.74) is 1.41. The molecule has 1 saturated carbocycles. The van der Waals surface area contributed by atoms with Gasteiger partial charge in [-0.25, -0.2) is 0 Å². The van der Waals surface area contributed by atoms with Gasteiger partial charge < -0.3 is 10.1 Å². The smallest absolute Gasteiger partial charge is 0.0601 e. The van der Waals surface area contributed by atoms with Gasteiger partial charge >= 0.3 is 0 Å². The van der Waals surface area contributed by atoms with Gasteiger partial charge in [0.25, 0.3) is 0 Å². The average molecular weight is 211 g/mol. The molecule has 1 aromatic heterocycles. The van der Waals surface area contributed by atoms with Gasteiger partial charge in [-0.15, -0.1) is 11.3 Å². The molecule has 1 N–H and O–H groups in total. The predicted molar refractivity (Wildman–Crippen MR) is 59.7 cm³/mol. The number of hydrogen-bond acceptors (Lipinski definition) is 3. The standard InChI is InChI=1S/C11H17NOS/c1-8-3-4-14-11(8)7-12-9-5-10(6-9)13-2/h3-4,9-10,12H,5-7H2,1-2H3. The van der Waals surface area contributed by atoms with Crippen molar-refractivity contribution in [3.63, 3.8) is 0 Å². The van der Waals surface area contributed by atoms with Crippen LogP contribution in [0.1, 0.15) is 23.3 Å². The third-order valence-corrected chi connectivity index (χ3v) is 3.97. The van der Waals surface area contributed by atoms with Gasteiger partial charge in [-0.1, -0.05) is 0 Å². The molecule has 3 heteroatoms. The molecule has 2 rings (SSSR count). The molecular weight excluding hydrogens is 194 g/mol. The van der Waals surface area contributed by atoms with Gasteiger partial charge in [-0.2, -0.15) is 0 Å². The van der Waals surface area contributed by atoms with Crippen molar-refractivity contribution in [2.75, 3.05) is 7.11 Å². The molecule has 1 aliphatic carbocycles. The highest BCUT2D eigenvalue weighted by Crippen LogP contribution is 2.23. The van der Waals surface area contributed by atoms with Crippen molar-refractivity contribution >= 4 is 11.3 Å². The lowest BCUT2D eigenvalue weighted by atomic mass is 9.89. The Morgan fingerprint density at radius 1 is 1.57 bits per heavy atom. The maximum absolute atomic E-state index is 5.24. The van der Waals surface area contributed by atoms with E-state index >= 15 is 0 Å². The first-order chi connectivity index (χ1) is 6.79. The summed E-state index contributed by atoms with van der Waals surface area (Å²) in [6, 6.07) is 2.85. The highest BCUT2D eigenvalue weighted by molar-refractivity contribution is 7.10. The summed E-state index contributed by atoms with van der Waals surface area (Å²) in [5, 5.41) is 5.71. The first-order valence-corrected chi connectivity index (χ1v) is 5.96. The van der Waals surface area contributed by atoms with Crippen molar-refractivity contribution in [3.05, 3.63) is 21.9 Å². The molecule has 0 aliphatic heterocycles. The van der Waals surface area contributed by atoms with Crippen molar-refractivity contribution in [2.24, 2.45) is 0 Å². The quantitative estimate of drug-likeness (QED) is 0.825. The first-order valence-electron chi connectivity index (χ1n) is 5.08. The van der Waals surface area contributed by atoms with E-state index in [1.165, 1.54) is 23.3 Å². The van der Waals surface area contributed by atoms with E-state index in [4.69, 9.17) is 4.74 Å². The normalized spacial score (nSPS) is 26.1. The highest BCUT2D eigenvalue weighted by Gasteiger charge is 2.28. The Morgan fingerprint density at radius 3 is 2.93 bits per heavy atom. The Kier molecular flexibility index (Phi) is 3.21. The van der Waals surface area contributed by atoms with Crippen LogP contribution in [0.3, 0.4) is 0 Å². The number of hydrogen-bond donors (Lipinski definition) is 1. The van der Waals surface area contributed by atoms with Gasteiger partial charge in [0.2, 0.25) is 0 Å². The van der Waals surface area contributed by atoms with Crippen molar-refractivity contribution in [1.82, 2.24) is 5.32 Å². The zero-order valence-electron chi connectivity index (χ0n) is 8.75. The number of methoxy groups -OCH3 is 1. The Hall–Kier alpha value is -0.380. The summed E-state index contributed by atoms with van der Waals surface area (Å²) in [4.78, 5) is 1.46. The number of rotatable bonds is 4. The minimum absolute atomic E-state index is 0.497. The molecule has 1 heterocycles.